The molecule has 17 heteroatoms. The molecule has 0 bridgehead atoms. The molecular weight excluding hydrogens is 976 g/mol. The number of carbonyl (C=O) groups is 3. The second kappa shape index (κ2) is 19.4. The molecule has 3 N–H and O–H groups in total. The van der Waals surface area contributed by atoms with Crippen molar-refractivity contribution >= 4 is 72.7 Å². The summed E-state index contributed by atoms with van der Waals surface area (Å²) in [5.74, 6) is 0.000985. The standard InChI is InChI=1S/C53H62BrFN8O6S/c1-31-45(70-30-57-31)34-13-14-35(28-56-47(65)42-27-37(64)29-61(42)49(67)46(52(2,3)4)58-50(68)53(55)19-20-53)43(26-34)69-24-8-21-60-22-17-32(18-23-60)33-15-16-39-41(25-33)62(36-9-5-6-10-36)51-59-48(66)44-38(54)11-7-12-40(44)63(39)51/h7,11-16,25-26,30,32,36-37,42,46,64H,5-6,8-10,17-24,27-29H2,1-4H3,(H,56,65)(H,58,68). The van der Waals surface area contributed by atoms with Crippen LogP contribution in [-0.2, 0) is 20.9 Å². The Morgan fingerprint density at radius 2 is 1.79 bits per heavy atom. The lowest BCUT2D eigenvalue weighted by atomic mass is 9.85. The first-order chi connectivity index (χ1) is 33.6. The molecule has 370 valence electrons. The number of thiazole rings is 1. The maximum absolute atomic E-state index is 14.7. The molecular formula is C53H62BrFN8O6S. The number of nitrogens with zero attached hydrogens (tertiary/aromatic N) is 6. The van der Waals surface area contributed by atoms with Gasteiger partial charge < -0.3 is 34.8 Å². The van der Waals surface area contributed by atoms with E-state index in [1.807, 2.05) is 48.8 Å². The molecule has 4 fully saturated rings. The fraction of sp³-hybridized carbons (Fsp3) is 0.509. The highest BCUT2D eigenvalue weighted by Crippen LogP contribution is 2.41. The Hall–Kier alpha value is -5.23. The summed E-state index contributed by atoms with van der Waals surface area (Å²) >= 11 is 5.16. The van der Waals surface area contributed by atoms with Crippen LogP contribution in [0.15, 0.2) is 69.4 Å². The van der Waals surface area contributed by atoms with Gasteiger partial charge in [0.1, 0.15) is 17.8 Å². The zero-order chi connectivity index (χ0) is 49.1. The molecule has 6 aromatic rings. The number of nitrogens with one attached hydrogen (secondary N) is 2. The van der Waals surface area contributed by atoms with E-state index in [2.05, 4.69) is 63.6 Å². The Labute approximate surface area is 419 Å². The van der Waals surface area contributed by atoms with Crippen molar-refractivity contribution in [3.63, 3.8) is 0 Å². The Kier molecular flexibility index (Phi) is 13.4. The molecule has 5 heterocycles. The van der Waals surface area contributed by atoms with Gasteiger partial charge in [0.25, 0.3) is 11.5 Å². The predicted molar refractivity (Wildman–Crippen MR) is 273 cm³/mol. The molecule has 10 rings (SSSR count). The number of piperidine rings is 1. The minimum atomic E-state index is -1.97. The second-order valence-corrected chi connectivity index (χ2v) is 22.7. The van der Waals surface area contributed by atoms with Crippen molar-refractivity contribution in [1.29, 1.82) is 0 Å². The van der Waals surface area contributed by atoms with Gasteiger partial charge in [0.05, 0.1) is 50.7 Å². The van der Waals surface area contributed by atoms with Gasteiger partial charge in [-0.1, -0.05) is 57.9 Å². The first-order valence-electron chi connectivity index (χ1n) is 24.9. The van der Waals surface area contributed by atoms with Crippen LogP contribution in [0.3, 0.4) is 0 Å². The zero-order valence-corrected chi connectivity index (χ0v) is 42.7. The third-order valence-electron chi connectivity index (χ3n) is 15.1. The van der Waals surface area contributed by atoms with E-state index in [0.29, 0.717) is 29.7 Å². The molecule has 2 saturated heterocycles. The number of hydrogen-bond acceptors (Lipinski definition) is 10. The van der Waals surface area contributed by atoms with Gasteiger partial charge in [-0.3, -0.25) is 23.6 Å². The number of β-amino-alcohol motifs (C(OH)–C–C–N with tert-alkyl or cyclic N) is 1. The number of ether oxygens (including phenoxy) is 1. The fourth-order valence-corrected chi connectivity index (χ4v) is 12.3. The van der Waals surface area contributed by atoms with E-state index in [1.165, 1.54) is 23.3 Å². The van der Waals surface area contributed by atoms with Gasteiger partial charge in [-0.2, -0.15) is 4.98 Å². The van der Waals surface area contributed by atoms with Crippen molar-refractivity contribution in [2.45, 2.75) is 134 Å². The lowest BCUT2D eigenvalue weighted by Gasteiger charge is -2.35. The third kappa shape index (κ3) is 9.50. The van der Waals surface area contributed by atoms with Crippen LogP contribution in [0, 0.1) is 12.3 Å². The largest absolute Gasteiger partial charge is 0.493 e. The van der Waals surface area contributed by atoms with E-state index in [9.17, 15) is 28.7 Å². The molecule has 3 aromatic heterocycles. The Morgan fingerprint density at radius 1 is 1.01 bits per heavy atom. The van der Waals surface area contributed by atoms with E-state index >= 15 is 0 Å². The van der Waals surface area contributed by atoms with Gasteiger partial charge in [-0.15, -0.1) is 11.3 Å². The number of amides is 3. The number of imidazole rings is 1. The first kappa shape index (κ1) is 48.4. The van der Waals surface area contributed by atoms with E-state index in [1.54, 1.807) is 32.1 Å². The lowest BCUT2D eigenvalue weighted by molar-refractivity contribution is -0.145. The first-order valence-corrected chi connectivity index (χ1v) is 26.5. The number of aryl methyl sites for hydroxylation is 1. The Balaban J connectivity index is 0.788. The van der Waals surface area contributed by atoms with Crippen LogP contribution in [0.25, 0.3) is 38.2 Å². The van der Waals surface area contributed by atoms with Crippen molar-refractivity contribution in [3.8, 4) is 16.2 Å². The van der Waals surface area contributed by atoms with Crippen LogP contribution >= 0.6 is 27.3 Å². The normalized spacial score (nSPS) is 20.4. The number of alkyl halides is 1. The summed E-state index contributed by atoms with van der Waals surface area (Å²) in [6.07, 6.45) is 6.71. The van der Waals surface area contributed by atoms with Crippen molar-refractivity contribution in [2.75, 3.05) is 32.8 Å². The fourth-order valence-electron chi connectivity index (χ4n) is 11.0. The van der Waals surface area contributed by atoms with Gasteiger partial charge in [-0.05, 0) is 134 Å². The van der Waals surface area contributed by atoms with Gasteiger partial charge in [-0.25, -0.2) is 9.37 Å². The molecule has 3 unspecified atom stereocenters. The molecule has 0 radical (unpaired) electrons. The monoisotopic (exact) mass is 1040 g/mol. The number of benzene rings is 3. The average molecular weight is 1040 g/mol. The molecule has 0 spiro atoms. The molecule has 3 aromatic carbocycles. The quantitative estimate of drug-likeness (QED) is 0.0911. The third-order valence-corrected chi connectivity index (χ3v) is 16.7. The highest BCUT2D eigenvalue weighted by atomic mass is 79.9. The number of aliphatic hydroxyl groups is 1. The Morgan fingerprint density at radius 3 is 2.50 bits per heavy atom. The minimum Gasteiger partial charge on any atom is -0.493 e. The highest BCUT2D eigenvalue weighted by Gasteiger charge is 2.53. The predicted octanol–water partition coefficient (Wildman–Crippen LogP) is 8.37. The topological polar surface area (TPSA) is 163 Å². The van der Waals surface area contributed by atoms with E-state index in [-0.39, 0.29) is 37.9 Å². The lowest BCUT2D eigenvalue weighted by Crippen LogP contribution is -2.59. The summed E-state index contributed by atoms with van der Waals surface area (Å²) < 4.78 is 26.5. The van der Waals surface area contributed by atoms with Gasteiger partial charge in [0, 0.05) is 42.1 Å². The van der Waals surface area contributed by atoms with Crippen LogP contribution in [0.4, 0.5) is 4.39 Å². The molecule has 2 aliphatic heterocycles. The number of rotatable bonds is 14. The molecule has 4 aliphatic rings. The molecule has 3 atom stereocenters. The van der Waals surface area contributed by atoms with E-state index < -0.39 is 47.0 Å². The van der Waals surface area contributed by atoms with Crippen LogP contribution < -0.4 is 20.9 Å². The number of carbonyl (C=O) groups excluding carboxylic acids is 3. The number of aromatic nitrogens is 4. The van der Waals surface area contributed by atoms with Gasteiger partial charge in [0.2, 0.25) is 17.6 Å². The van der Waals surface area contributed by atoms with Crippen molar-refractivity contribution in [2.24, 2.45) is 5.41 Å². The molecule has 2 saturated carbocycles. The summed E-state index contributed by atoms with van der Waals surface area (Å²) in [5, 5.41) is 16.9. The van der Waals surface area contributed by atoms with Crippen molar-refractivity contribution in [1.82, 2.24) is 39.4 Å². The summed E-state index contributed by atoms with van der Waals surface area (Å²) in [7, 11) is 0. The van der Waals surface area contributed by atoms with Crippen LogP contribution in [0.5, 0.6) is 5.75 Å². The molecule has 2 aliphatic carbocycles. The zero-order valence-electron chi connectivity index (χ0n) is 40.3. The SMILES string of the molecule is Cc1ncsc1-c1ccc(CNC(=O)C2CC(O)CN2C(=O)C(NC(=O)C2(F)CC2)C(C)(C)C)c(OCCCN2CCC(c3ccc4c(c3)n(C3CCCC3)c3nc(=O)c5c(Br)cccc5n43)CC2)c1. The van der Waals surface area contributed by atoms with Crippen molar-refractivity contribution < 1.29 is 28.6 Å². The molecule has 70 heavy (non-hydrogen) atoms. The van der Waals surface area contributed by atoms with E-state index in [0.717, 1.165) is 100 Å². The van der Waals surface area contributed by atoms with Crippen LogP contribution in [0.2, 0.25) is 0 Å². The summed E-state index contributed by atoms with van der Waals surface area (Å²) in [4.78, 5) is 68.1. The smallest absolute Gasteiger partial charge is 0.283 e. The molecule has 3 amide bonds. The number of halogens is 2. The summed E-state index contributed by atoms with van der Waals surface area (Å²) in [6.45, 7) is 10.6. The van der Waals surface area contributed by atoms with Crippen molar-refractivity contribution in [3.05, 3.63) is 91.8 Å². The number of likely N-dealkylation sites (tertiary alicyclic amines) is 2. The average Bonchev–Trinajstić information content (AvgIpc) is 3.79. The van der Waals surface area contributed by atoms with E-state index in [4.69, 9.17) is 9.72 Å². The maximum atomic E-state index is 14.7. The van der Waals surface area contributed by atoms with Gasteiger partial charge in [0.15, 0.2) is 5.67 Å². The number of aliphatic hydroxyl groups excluding tert-OH is 1. The van der Waals surface area contributed by atoms with Gasteiger partial charge >= 0.3 is 0 Å². The van der Waals surface area contributed by atoms with Crippen LogP contribution in [0.1, 0.15) is 114 Å². The summed E-state index contributed by atoms with van der Waals surface area (Å²) in [6, 6.07) is 16.9. The highest BCUT2D eigenvalue weighted by molar-refractivity contribution is 9.10. The number of fused-ring (bicyclic) bond motifs is 5. The number of hydrogen-bond donors (Lipinski definition) is 3. The molecule has 14 nitrogen and oxygen atoms in total. The summed E-state index contributed by atoms with van der Waals surface area (Å²) in [5.41, 5.74) is 5.92. The van der Waals surface area contributed by atoms with Crippen LogP contribution in [-0.4, -0.2) is 108 Å². The maximum Gasteiger partial charge on any atom is 0.283 e. The second-order valence-electron chi connectivity index (χ2n) is 21.0. The Bertz CT molecular complexity index is 3040. The minimum absolute atomic E-state index is 0.0396.